The fourth-order valence-electron chi connectivity index (χ4n) is 1.98. The predicted molar refractivity (Wildman–Crippen MR) is 72.7 cm³/mol. The van der Waals surface area contributed by atoms with Crippen molar-refractivity contribution in [2.24, 2.45) is 0 Å². The molecule has 0 atom stereocenters. The third kappa shape index (κ3) is 3.55. The van der Waals surface area contributed by atoms with Gasteiger partial charge in [0.2, 0.25) is 0 Å². The lowest BCUT2D eigenvalue weighted by atomic mass is 10.2. The summed E-state index contributed by atoms with van der Waals surface area (Å²) in [4.78, 5) is 0. The summed E-state index contributed by atoms with van der Waals surface area (Å²) in [5.74, 6) is -2.28. The van der Waals surface area contributed by atoms with Crippen LogP contribution in [0.4, 0.5) is 13.2 Å². The molecule has 0 bridgehead atoms. The lowest BCUT2D eigenvalue weighted by molar-refractivity contribution is 0.405. The van der Waals surface area contributed by atoms with Crippen molar-refractivity contribution in [3.63, 3.8) is 0 Å². The molecule has 21 heavy (non-hydrogen) atoms. The van der Waals surface area contributed by atoms with Crippen molar-refractivity contribution >= 4 is 0 Å². The summed E-state index contributed by atoms with van der Waals surface area (Å²) < 4.78 is 45.8. The molecule has 0 saturated heterocycles. The van der Waals surface area contributed by atoms with Crippen LogP contribution < -0.4 is 10.1 Å². The Kier molecular flexibility index (Phi) is 3.84. The van der Waals surface area contributed by atoms with Gasteiger partial charge in [0.1, 0.15) is 11.6 Å². The van der Waals surface area contributed by atoms with E-state index < -0.39 is 23.2 Å². The van der Waals surface area contributed by atoms with E-state index in [1.54, 1.807) is 0 Å². The predicted octanol–water partition coefficient (Wildman–Crippen LogP) is 4.15. The second-order valence-corrected chi connectivity index (χ2v) is 5.10. The second-order valence-electron chi connectivity index (χ2n) is 5.10. The molecule has 3 rings (SSSR count). The van der Waals surface area contributed by atoms with Crippen LogP contribution >= 0.6 is 0 Å². The molecule has 110 valence electrons. The van der Waals surface area contributed by atoms with Crippen LogP contribution in [-0.4, -0.2) is 6.04 Å². The fraction of sp³-hybridized carbons (Fsp3) is 0.250. The van der Waals surface area contributed by atoms with E-state index in [0.29, 0.717) is 18.2 Å². The Hall–Kier alpha value is -2.01. The monoisotopic (exact) mass is 293 g/mol. The maximum atomic E-state index is 13.9. The first-order chi connectivity index (χ1) is 10.1. The van der Waals surface area contributed by atoms with Gasteiger partial charge in [0.15, 0.2) is 17.4 Å². The van der Waals surface area contributed by atoms with Gasteiger partial charge in [-0.1, -0.05) is 0 Å². The molecule has 1 N–H and O–H groups in total. The Morgan fingerprint density at radius 3 is 2.19 bits per heavy atom. The quantitative estimate of drug-likeness (QED) is 0.894. The molecule has 2 nitrogen and oxygen atoms in total. The Bertz CT molecular complexity index is 615. The van der Waals surface area contributed by atoms with Gasteiger partial charge in [-0.15, -0.1) is 0 Å². The molecule has 1 fully saturated rings. The highest BCUT2D eigenvalue weighted by atomic mass is 19.1. The fourth-order valence-corrected chi connectivity index (χ4v) is 1.98. The molecule has 0 aliphatic heterocycles. The minimum Gasteiger partial charge on any atom is -0.451 e. The maximum Gasteiger partial charge on any atom is 0.198 e. The zero-order valence-electron chi connectivity index (χ0n) is 11.2. The summed E-state index contributed by atoms with van der Waals surface area (Å²) in [6.45, 7) is 0.426. The lowest BCUT2D eigenvalue weighted by Gasteiger charge is -2.10. The van der Waals surface area contributed by atoms with E-state index in [2.05, 4.69) is 5.32 Å². The average molecular weight is 293 g/mol. The molecule has 1 aliphatic rings. The van der Waals surface area contributed by atoms with Crippen molar-refractivity contribution in [1.82, 2.24) is 5.32 Å². The normalized spacial score (nSPS) is 14.2. The SMILES string of the molecule is Fc1ccc(Oc2c(F)cc(CNC3CC3)cc2F)cc1. The average Bonchev–Trinajstić information content (AvgIpc) is 3.27. The Labute approximate surface area is 120 Å². The van der Waals surface area contributed by atoms with Crippen molar-refractivity contribution in [3.05, 3.63) is 59.4 Å². The van der Waals surface area contributed by atoms with Crippen LogP contribution in [0.5, 0.6) is 11.5 Å². The van der Waals surface area contributed by atoms with Gasteiger partial charge in [-0.25, -0.2) is 13.2 Å². The Morgan fingerprint density at radius 2 is 1.62 bits per heavy atom. The molecular weight excluding hydrogens is 279 g/mol. The van der Waals surface area contributed by atoms with Crippen LogP contribution in [0.25, 0.3) is 0 Å². The molecule has 1 saturated carbocycles. The number of hydrogen-bond donors (Lipinski definition) is 1. The molecule has 1 aliphatic carbocycles. The van der Waals surface area contributed by atoms with Gasteiger partial charge in [-0.2, -0.15) is 0 Å². The topological polar surface area (TPSA) is 21.3 Å². The second kappa shape index (κ2) is 5.77. The zero-order chi connectivity index (χ0) is 14.8. The van der Waals surface area contributed by atoms with Crippen LogP contribution in [0.1, 0.15) is 18.4 Å². The van der Waals surface area contributed by atoms with Crippen LogP contribution in [0.3, 0.4) is 0 Å². The minimum atomic E-state index is -0.771. The summed E-state index contributed by atoms with van der Waals surface area (Å²) in [6, 6.07) is 7.92. The van der Waals surface area contributed by atoms with E-state index in [-0.39, 0.29) is 5.75 Å². The molecule has 0 aromatic heterocycles. The third-order valence-corrected chi connectivity index (χ3v) is 3.26. The molecule has 2 aromatic rings. The first-order valence-electron chi connectivity index (χ1n) is 6.76. The highest BCUT2D eigenvalue weighted by Crippen LogP contribution is 2.29. The minimum absolute atomic E-state index is 0.179. The summed E-state index contributed by atoms with van der Waals surface area (Å²) >= 11 is 0. The first-order valence-corrected chi connectivity index (χ1v) is 6.76. The van der Waals surface area contributed by atoms with Crippen molar-refractivity contribution in [1.29, 1.82) is 0 Å². The van der Waals surface area contributed by atoms with Crippen LogP contribution in [0.15, 0.2) is 36.4 Å². The highest BCUT2D eigenvalue weighted by Gasteiger charge is 2.21. The molecule has 0 amide bonds. The number of halogens is 3. The van der Waals surface area contributed by atoms with Gasteiger partial charge >= 0.3 is 0 Å². The van der Waals surface area contributed by atoms with Crippen molar-refractivity contribution in [3.8, 4) is 11.5 Å². The first kappa shape index (κ1) is 13.9. The third-order valence-electron chi connectivity index (χ3n) is 3.26. The van der Waals surface area contributed by atoms with E-state index >= 15 is 0 Å². The standard InChI is InChI=1S/C16H14F3NO/c17-11-1-5-13(6-2-11)21-16-14(18)7-10(8-15(16)19)9-20-12-3-4-12/h1-2,5-8,12,20H,3-4,9H2. The molecule has 0 unspecified atom stereocenters. The molecule has 0 heterocycles. The molecule has 2 aromatic carbocycles. The summed E-state index contributed by atoms with van der Waals surface area (Å²) in [5, 5.41) is 3.19. The molecule has 0 radical (unpaired) electrons. The van der Waals surface area contributed by atoms with Gasteiger partial charge in [0, 0.05) is 12.6 Å². The summed E-state index contributed by atoms with van der Waals surface area (Å²) in [6.07, 6.45) is 2.22. The van der Waals surface area contributed by atoms with Gasteiger partial charge in [0.05, 0.1) is 0 Å². The lowest BCUT2D eigenvalue weighted by Crippen LogP contribution is -2.15. The summed E-state index contributed by atoms with van der Waals surface area (Å²) in [7, 11) is 0. The smallest absolute Gasteiger partial charge is 0.198 e. The van der Waals surface area contributed by atoms with Crippen LogP contribution in [0, 0.1) is 17.5 Å². The number of nitrogens with one attached hydrogen (secondary N) is 1. The summed E-state index contributed by atoms with van der Waals surface area (Å²) in [5.41, 5.74) is 0.531. The van der Waals surface area contributed by atoms with Crippen molar-refractivity contribution < 1.29 is 17.9 Å². The van der Waals surface area contributed by atoms with Crippen molar-refractivity contribution in [2.75, 3.05) is 0 Å². The van der Waals surface area contributed by atoms with E-state index in [1.807, 2.05) is 0 Å². The largest absolute Gasteiger partial charge is 0.451 e. The van der Waals surface area contributed by atoms with Crippen LogP contribution in [-0.2, 0) is 6.54 Å². The van der Waals surface area contributed by atoms with Crippen molar-refractivity contribution in [2.45, 2.75) is 25.4 Å². The van der Waals surface area contributed by atoms with Crippen LogP contribution in [0.2, 0.25) is 0 Å². The van der Waals surface area contributed by atoms with E-state index in [1.165, 1.54) is 36.4 Å². The maximum absolute atomic E-state index is 13.9. The number of ether oxygens (including phenoxy) is 1. The number of benzene rings is 2. The Balaban J connectivity index is 1.76. The Morgan fingerprint density at radius 1 is 1.00 bits per heavy atom. The van der Waals surface area contributed by atoms with Gasteiger partial charge in [0.25, 0.3) is 0 Å². The van der Waals surface area contributed by atoms with Gasteiger partial charge in [-0.3, -0.25) is 0 Å². The molecular formula is C16H14F3NO. The zero-order valence-corrected chi connectivity index (χ0v) is 11.2. The van der Waals surface area contributed by atoms with E-state index in [9.17, 15) is 13.2 Å². The molecule has 0 spiro atoms. The number of rotatable bonds is 5. The highest BCUT2D eigenvalue weighted by molar-refractivity contribution is 5.36. The van der Waals surface area contributed by atoms with E-state index in [0.717, 1.165) is 12.8 Å². The molecule has 5 heteroatoms. The van der Waals surface area contributed by atoms with Gasteiger partial charge < -0.3 is 10.1 Å². The number of hydrogen-bond acceptors (Lipinski definition) is 2. The van der Waals surface area contributed by atoms with Gasteiger partial charge in [-0.05, 0) is 54.8 Å². The van der Waals surface area contributed by atoms with E-state index in [4.69, 9.17) is 4.74 Å².